The molecule has 1 unspecified atom stereocenters. The molecule has 22 heavy (non-hydrogen) atoms. The first-order valence-electron chi connectivity index (χ1n) is 7.82. The minimum atomic E-state index is 0. The first-order valence-corrected chi connectivity index (χ1v) is 7.82. The second-order valence-corrected chi connectivity index (χ2v) is 5.00. The van der Waals surface area contributed by atoms with Gasteiger partial charge in [-0.1, -0.05) is 19.9 Å². The molecule has 0 fully saturated rings. The summed E-state index contributed by atoms with van der Waals surface area (Å²) in [4.78, 5) is 8.86. The van der Waals surface area contributed by atoms with Crippen LogP contribution in [-0.4, -0.2) is 30.1 Å². The summed E-state index contributed by atoms with van der Waals surface area (Å²) in [6, 6.07) is 4.31. The van der Waals surface area contributed by atoms with Crippen LogP contribution in [0.25, 0.3) is 0 Å². The van der Waals surface area contributed by atoms with E-state index in [9.17, 15) is 0 Å². The van der Waals surface area contributed by atoms with Gasteiger partial charge in [0.1, 0.15) is 0 Å². The predicted molar refractivity (Wildman–Crippen MR) is 103 cm³/mol. The molecule has 0 radical (unpaired) electrons. The van der Waals surface area contributed by atoms with Gasteiger partial charge in [-0.05, 0) is 32.3 Å². The Morgan fingerprint density at radius 2 is 2.09 bits per heavy atom. The number of rotatable bonds is 8. The largest absolute Gasteiger partial charge is 0.478 e. The third-order valence-electron chi connectivity index (χ3n) is 3.01. The van der Waals surface area contributed by atoms with Crippen molar-refractivity contribution in [3.8, 4) is 5.88 Å². The molecule has 1 aromatic rings. The minimum Gasteiger partial charge on any atom is -0.478 e. The third kappa shape index (κ3) is 8.41. The molecule has 1 atom stereocenters. The summed E-state index contributed by atoms with van der Waals surface area (Å²) < 4.78 is 5.47. The SMILES string of the molecule is CCCOc1ccc(CN=C(NCC)NC(C)CC)cn1.I. The maximum absolute atomic E-state index is 5.47. The number of halogens is 1. The highest BCUT2D eigenvalue weighted by Gasteiger charge is 2.02. The van der Waals surface area contributed by atoms with Crippen molar-refractivity contribution in [3.05, 3.63) is 23.9 Å². The zero-order valence-corrected chi connectivity index (χ0v) is 16.4. The molecule has 0 aliphatic carbocycles. The van der Waals surface area contributed by atoms with E-state index in [0.29, 0.717) is 25.1 Å². The van der Waals surface area contributed by atoms with Crippen molar-refractivity contribution in [2.75, 3.05) is 13.2 Å². The normalized spacial score (nSPS) is 12.3. The van der Waals surface area contributed by atoms with Crippen LogP contribution in [0.15, 0.2) is 23.3 Å². The molecule has 1 rings (SSSR count). The average molecular weight is 420 g/mol. The van der Waals surface area contributed by atoms with Crippen molar-refractivity contribution >= 4 is 29.9 Å². The topological polar surface area (TPSA) is 58.5 Å². The summed E-state index contributed by atoms with van der Waals surface area (Å²) >= 11 is 0. The number of pyridine rings is 1. The van der Waals surface area contributed by atoms with Crippen molar-refractivity contribution in [3.63, 3.8) is 0 Å². The van der Waals surface area contributed by atoms with Crippen LogP contribution < -0.4 is 15.4 Å². The first-order chi connectivity index (χ1) is 10.2. The Morgan fingerprint density at radius 1 is 1.32 bits per heavy atom. The molecule has 2 N–H and O–H groups in total. The zero-order valence-electron chi connectivity index (χ0n) is 14.1. The molecule has 0 bridgehead atoms. The number of ether oxygens (including phenoxy) is 1. The molecule has 1 aromatic heterocycles. The van der Waals surface area contributed by atoms with E-state index in [2.05, 4.69) is 48.3 Å². The van der Waals surface area contributed by atoms with Gasteiger partial charge in [0.15, 0.2) is 5.96 Å². The van der Waals surface area contributed by atoms with Crippen LogP contribution in [0.3, 0.4) is 0 Å². The lowest BCUT2D eigenvalue weighted by Gasteiger charge is -2.16. The minimum absolute atomic E-state index is 0. The third-order valence-corrected chi connectivity index (χ3v) is 3.01. The van der Waals surface area contributed by atoms with E-state index >= 15 is 0 Å². The molecule has 0 amide bonds. The van der Waals surface area contributed by atoms with E-state index in [1.807, 2.05) is 18.3 Å². The summed E-state index contributed by atoms with van der Waals surface area (Å²) in [5.41, 5.74) is 1.07. The van der Waals surface area contributed by atoms with E-state index in [1.165, 1.54) is 0 Å². The Hall–Kier alpha value is -1.05. The second-order valence-electron chi connectivity index (χ2n) is 5.00. The highest BCUT2D eigenvalue weighted by molar-refractivity contribution is 14.0. The van der Waals surface area contributed by atoms with Crippen LogP contribution >= 0.6 is 24.0 Å². The van der Waals surface area contributed by atoms with Gasteiger partial charge in [0.05, 0.1) is 13.2 Å². The van der Waals surface area contributed by atoms with E-state index < -0.39 is 0 Å². The summed E-state index contributed by atoms with van der Waals surface area (Å²) in [5.74, 6) is 1.52. The zero-order chi connectivity index (χ0) is 15.5. The Balaban J connectivity index is 0.00000441. The van der Waals surface area contributed by atoms with Crippen molar-refractivity contribution in [1.82, 2.24) is 15.6 Å². The molecule has 5 nitrogen and oxygen atoms in total. The lowest BCUT2D eigenvalue weighted by molar-refractivity contribution is 0.305. The van der Waals surface area contributed by atoms with Crippen LogP contribution in [0.2, 0.25) is 0 Å². The van der Waals surface area contributed by atoms with E-state index in [-0.39, 0.29) is 24.0 Å². The Morgan fingerprint density at radius 3 is 2.64 bits per heavy atom. The van der Waals surface area contributed by atoms with Gasteiger partial charge in [0.25, 0.3) is 0 Å². The number of hydrogen-bond acceptors (Lipinski definition) is 3. The fourth-order valence-electron chi connectivity index (χ4n) is 1.62. The maximum atomic E-state index is 5.47. The van der Waals surface area contributed by atoms with Gasteiger partial charge in [-0.2, -0.15) is 0 Å². The second kappa shape index (κ2) is 12.5. The average Bonchev–Trinajstić information content (AvgIpc) is 2.51. The highest BCUT2D eigenvalue weighted by atomic mass is 127. The molecule has 0 saturated carbocycles. The number of hydrogen-bond donors (Lipinski definition) is 2. The predicted octanol–water partition coefficient (Wildman–Crippen LogP) is 3.34. The van der Waals surface area contributed by atoms with Crippen molar-refractivity contribution in [1.29, 1.82) is 0 Å². The fourth-order valence-corrected chi connectivity index (χ4v) is 1.62. The monoisotopic (exact) mass is 420 g/mol. The molecule has 0 aliphatic heterocycles. The van der Waals surface area contributed by atoms with E-state index in [4.69, 9.17) is 4.74 Å². The smallest absolute Gasteiger partial charge is 0.213 e. The summed E-state index contributed by atoms with van der Waals surface area (Å²) in [5, 5.41) is 6.62. The van der Waals surface area contributed by atoms with Gasteiger partial charge in [-0.25, -0.2) is 9.98 Å². The summed E-state index contributed by atoms with van der Waals surface area (Å²) in [7, 11) is 0. The molecule has 1 heterocycles. The number of nitrogens with one attached hydrogen (secondary N) is 2. The molecule has 0 aliphatic rings. The van der Waals surface area contributed by atoms with Crippen molar-refractivity contribution < 1.29 is 4.74 Å². The molecule has 0 aromatic carbocycles. The van der Waals surface area contributed by atoms with Gasteiger partial charge in [0.2, 0.25) is 5.88 Å². The summed E-state index contributed by atoms with van der Waals surface area (Å²) in [6.07, 6.45) is 3.87. The highest BCUT2D eigenvalue weighted by Crippen LogP contribution is 2.08. The number of aliphatic imine (C=N–C) groups is 1. The van der Waals surface area contributed by atoms with Gasteiger partial charge in [-0.3, -0.25) is 0 Å². The van der Waals surface area contributed by atoms with Gasteiger partial charge in [-0.15, -0.1) is 24.0 Å². The van der Waals surface area contributed by atoms with E-state index in [0.717, 1.165) is 30.9 Å². The van der Waals surface area contributed by atoms with Crippen LogP contribution in [0, 0.1) is 0 Å². The molecule has 0 saturated heterocycles. The van der Waals surface area contributed by atoms with Gasteiger partial charge < -0.3 is 15.4 Å². The van der Waals surface area contributed by atoms with Crippen LogP contribution in [0.1, 0.15) is 46.1 Å². The Kier molecular flexibility index (Phi) is 11.9. The molecular formula is C16H29IN4O. The fraction of sp³-hybridized carbons (Fsp3) is 0.625. The summed E-state index contributed by atoms with van der Waals surface area (Å²) in [6.45, 7) is 10.6. The van der Waals surface area contributed by atoms with Gasteiger partial charge >= 0.3 is 0 Å². The lowest BCUT2D eigenvalue weighted by atomic mass is 10.3. The number of nitrogens with zero attached hydrogens (tertiary/aromatic N) is 2. The maximum Gasteiger partial charge on any atom is 0.213 e. The standard InChI is InChI=1S/C16H28N4O.HI/c1-5-10-21-15-9-8-14(11-18-15)12-19-16(17-7-3)20-13(4)6-2;/h8-9,11,13H,5-7,10,12H2,1-4H3,(H2,17,19,20);1H. The van der Waals surface area contributed by atoms with Crippen molar-refractivity contribution in [2.45, 2.75) is 53.1 Å². The molecular weight excluding hydrogens is 391 g/mol. The number of aromatic nitrogens is 1. The Bertz CT molecular complexity index is 423. The Labute approximate surface area is 151 Å². The van der Waals surface area contributed by atoms with E-state index in [1.54, 1.807) is 0 Å². The number of guanidine groups is 1. The van der Waals surface area contributed by atoms with Gasteiger partial charge in [0, 0.05) is 24.8 Å². The molecule has 0 spiro atoms. The van der Waals surface area contributed by atoms with Crippen LogP contribution in [0.4, 0.5) is 0 Å². The lowest BCUT2D eigenvalue weighted by Crippen LogP contribution is -2.41. The molecule has 6 heteroatoms. The van der Waals surface area contributed by atoms with Crippen LogP contribution in [0.5, 0.6) is 5.88 Å². The van der Waals surface area contributed by atoms with Crippen molar-refractivity contribution in [2.24, 2.45) is 4.99 Å². The first kappa shape index (κ1) is 20.9. The van der Waals surface area contributed by atoms with Crippen LogP contribution in [-0.2, 0) is 6.54 Å². The quantitative estimate of drug-likeness (QED) is 0.385. The molecule has 126 valence electrons.